The summed E-state index contributed by atoms with van der Waals surface area (Å²) in [5.74, 6) is 0.784. The Bertz CT molecular complexity index is 455. The van der Waals surface area contributed by atoms with Gasteiger partial charge in [0.25, 0.3) is 0 Å². The second-order valence-electron chi connectivity index (χ2n) is 3.69. The highest BCUT2D eigenvalue weighted by Crippen LogP contribution is 2.27. The van der Waals surface area contributed by atoms with E-state index in [1.165, 1.54) is 0 Å². The first kappa shape index (κ1) is 10.8. The van der Waals surface area contributed by atoms with E-state index in [0.29, 0.717) is 13.0 Å². The maximum absolute atomic E-state index is 10.9. The first-order chi connectivity index (χ1) is 7.04. The van der Waals surface area contributed by atoms with Crippen molar-refractivity contribution in [3.8, 4) is 5.75 Å². The molecule has 2 rings (SSSR count). The number of para-hydroxylation sites is 1. The van der Waals surface area contributed by atoms with Gasteiger partial charge in [0.15, 0.2) is 0 Å². The number of halogens is 1. The molecule has 5 heteroatoms. The first-order valence-corrected chi connectivity index (χ1v) is 7.15. The zero-order valence-corrected chi connectivity index (χ0v) is 9.59. The van der Waals surface area contributed by atoms with Crippen LogP contribution in [0.15, 0.2) is 24.3 Å². The lowest BCUT2D eigenvalue weighted by Crippen LogP contribution is -2.26. The molecule has 1 atom stereocenters. The molecule has 0 saturated carbocycles. The van der Waals surface area contributed by atoms with Crippen LogP contribution in [0.3, 0.4) is 0 Å². The van der Waals surface area contributed by atoms with Gasteiger partial charge in [-0.2, -0.15) is 0 Å². The molecule has 1 heterocycles. The molecule has 82 valence electrons. The van der Waals surface area contributed by atoms with Crippen LogP contribution in [0.1, 0.15) is 5.56 Å². The Morgan fingerprint density at radius 2 is 2.13 bits per heavy atom. The van der Waals surface area contributed by atoms with Gasteiger partial charge in [-0.1, -0.05) is 18.2 Å². The largest absolute Gasteiger partial charge is 0.493 e. The number of ether oxygens (including phenoxy) is 1. The third kappa shape index (κ3) is 2.86. The molecule has 0 fully saturated rings. The highest BCUT2D eigenvalue weighted by atomic mass is 35.7. The maximum atomic E-state index is 10.9. The lowest BCUT2D eigenvalue weighted by Gasteiger charge is -2.24. The normalized spacial score (nSPS) is 20.5. The average molecular weight is 247 g/mol. The number of benzene rings is 1. The van der Waals surface area contributed by atoms with Crippen molar-refractivity contribution in [2.75, 3.05) is 12.4 Å². The fraction of sp³-hybridized carbons (Fsp3) is 0.400. The van der Waals surface area contributed by atoms with Gasteiger partial charge >= 0.3 is 0 Å². The minimum atomic E-state index is -3.43. The van der Waals surface area contributed by atoms with Gasteiger partial charge in [-0.15, -0.1) is 0 Å². The van der Waals surface area contributed by atoms with Gasteiger partial charge in [-0.05, 0) is 18.1 Å². The van der Waals surface area contributed by atoms with Crippen LogP contribution in [0.4, 0.5) is 0 Å². The van der Waals surface area contributed by atoms with Crippen molar-refractivity contribution in [2.45, 2.75) is 6.42 Å². The van der Waals surface area contributed by atoms with Gasteiger partial charge in [0.2, 0.25) is 9.05 Å². The lowest BCUT2D eigenvalue weighted by molar-refractivity contribution is 0.235. The lowest BCUT2D eigenvalue weighted by atomic mass is 9.98. The van der Waals surface area contributed by atoms with Crippen LogP contribution in [0.5, 0.6) is 5.75 Å². The topological polar surface area (TPSA) is 43.4 Å². The van der Waals surface area contributed by atoms with Gasteiger partial charge in [-0.25, -0.2) is 8.42 Å². The van der Waals surface area contributed by atoms with Crippen LogP contribution in [0.25, 0.3) is 0 Å². The average Bonchev–Trinajstić information content (AvgIpc) is 2.15. The predicted molar refractivity (Wildman–Crippen MR) is 58.8 cm³/mol. The van der Waals surface area contributed by atoms with Crippen LogP contribution in [0.2, 0.25) is 0 Å². The van der Waals surface area contributed by atoms with E-state index in [1.807, 2.05) is 24.3 Å². The minimum absolute atomic E-state index is 0.0249. The van der Waals surface area contributed by atoms with Gasteiger partial charge in [0, 0.05) is 16.6 Å². The summed E-state index contributed by atoms with van der Waals surface area (Å²) in [5, 5.41) is 0. The Morgan fingerprint density at radius 3 is 2.87 bits per heavy atom. The van der Waals surface area contributed by atoms with E-state index >= 15 is 0 Å². The maximum Gasteiger partial charge on any atom is 0.233 e. The van der Waals surface area contributed by atoms with E-state index in [-0.39, 0.29) is 11.7 Å². The van der Waals surface area contributed by atoms with Gasteiger partial charge in [0.1, 0.15) is 5.75 Å². The van der Waals surface area contributed by atoms with Crippen LogP contribution in [0, 0.1) is 5.92 Å². The Kier molecular flexibility index (Phi) is 2.89. The summed E-state index contributed by atoms with van der Waals surface area (Å²) in [5.41, 5.74) is 1.05. The summed E-state index contributed by atoms with van der Waals surface area (Å²) in [6, 6.07) is 7.65. The van der Waals surface area contributed by atoms with Crippen molar-refractivity contribution < 1.29 is 13.2 Å². The van der Waals surface area contributed by atoms with Crippen molar-refractivity contribution in [3.63, 3.8) is 0 Å². The fourth-order valence-electron chi connectivity index (χ4n) is 1.78. The van der Waals surface area contributed by atoms with E-state index in [2.05, 4.69) is 0 Å². The summed E-state index contributed by atoms with van der Waals surface area (Å²) < 4.78 is 27.3. The molecule has 1 unspecified atom stereocenters. The Morgan fingerprint density at radius 1 is 1.40 bits per heavy atom. The van der Waals surface area contributed by atoms with Crippen LogP contribution < -0.4 is 4.74 Å². The Balaban J connectivity index is 2.12. The molecule has 0 amide bonds. The van der Waals surface area contributed by atoms with Gasteiger partial charge in [0.05, 0.1) is 12.4 Å². The molecule has 0 aliphatic carbocycles. The Labute approximate surface area is 93.4 Å². The van der Waals surface area contributed by atoms with E-state index < -0.39 is 9.05 Å². The van der Waals surface area contributed by atoms with E-state index in [9.17, 15) is 8.42 Å². The van der Waals surface area contributed by atoms with Crippen LogP contribution in [-0.2, 0) is 15.5 Å². The smallest absolute Gasteiger partial charge is 0.233 e. The summed E-state index contributed by atoms with van der Waals surface area (Å²) in [4.78, 5) is 0. The summed E-state index contributed by atoms with van der Waals surface area (Å²) in [6.45, 7) is 0.420. The third-order valence-electron chi connectivity index (χ3n) is 2.39. The molecule has 0 saturated heterocycles. The molecular weight excluding hydrogens is 236 g/mol. The van der Waals surface area contributed by atoms with Crippen molar-refractivity contribution in [2.24, 2.45) is 5.92 Å². The number of hydrogen-bond acceptors (Lipinski definition) is 3. The molecule has 0 bridgehead atoms. The third-order valence-corrected chi connectivity index (χ3v) is 3.64. The molecule has 0 radical (unpaired) electrons. The minimum Gasteiger partial charge on any atom is -0.493 e. The molecule has 1 aromatic rings. The van der Waals surface area contributed by atoms with Crippen LogP contribution in [-0.4, -0.2) is 20.8 Å². The van der Waals surface area contributed by atoms with Crippen molar-refractivity contribution >= 4 is 19.7 Å². The molecule has 1 aliphatic rings. The molecule has 0 spiro atoms. The number of rotatable bonds is 2. The highest BCUT2D eigenvalue weighted by Gasteiger charge is 2.23. The molecule has 0 aromatic heterocycles. The van der Waals surface area contributed by atoms with E-state index in [4.69, 9.17) is 15.4 Å². The molecule has 0 N–H and O–H groups in total. The van der Waals surface area contributed by atoms with Crippen LogP contribution >= 0.6 is 10.7 Å². The van der Waals surface area contributed by atoms with Crippen molar-refractivity contribution in [3.05, 3.63) is 29.8 Å². The number of fused-ring (bicyclic) bond motifs is 1. The Hall–Kier alpha value is -0.740. The quantitative estimate of drug-likeness (QED) is 0.748. The molecule has 15 heavy (non-hydrogen) atoms. The predicted octanol–water partition coefficient (Wildman–Crippen LogP) is 1.81. The zero-order valence-electron chi connectivity index (χ0n) is 8.02. The van der Waals surface area contributed by atoms with Gasteiger partial charge < -0.3 is 4.74 Å². The summed E-state index contributed by atoms with van der Waals surface area (Å²) in [7, 11) is 1.78. The SMILES string of the molecule is O=S(=O)(Cl)CC1COc2ccccc2C1. The van der Waals surface area contributed by atoms with E-state index in [1.54, 1.807) is 0 Å². The standard InChI is InChI=1S/C10H11ClO3S/c11-15(12,13)7-8-5-9-3-1-2-4-10(9)14-6-8/h1-4,8H,5-7H2. The molecular formula is C10H11ClO3S. The zero-order chi connectivity index (χ0) is 10.9. The van der Waals surface area contributed by atoms with Crippen molar-refractivity contribution in [1.82, 2.24) is 0 Å². The number of hydrogen-bond donors (Lipinski definition) is 0. The van der Waals surface area contributed by atoms with Gasteiger partial charge in [-0.3, -0.25) is 0 Å². The molecule has 1 aliphatic heterocycles. The second-order valence-corrected chi connectivity index (χ2v) is 6.52. The summed E-state index contributed by atoms with van der Waals surface area (Å²) in [6.07, 6.45) is 0.710. The highest BCUT2D eigenvalue weighted by molar-refractivity contribution is 8.13. The first-order valence-electron chi connectivity index (χ1n) is 4.67. The van der Waals surface area contributed by atoms with Crippen molar-refractivity contribution in [1.29, 1.82) is 0 Å². The molecule has 3 nitrogen and oxygen atoms in total. The molecule has 1 aromatic carbocycles. The second kappa shape index (κ2) is 4.02. The monoisotopic (exact) mass is 246 g/mol. The van der Waals surface area contributed by atoms with E-state index in [0.717, 1.165) is 11.3 Å². The summed E-state index contributed by atoms with van der Waals surface area (Å²) >= 11 is 0. The fourth-order valence-corrected chi connectivity index (χ4v) is 3.09.